The van der Waals surface area contributed by atoms with Crippen LogP contribution in [0.5, 0.6) is 0 Å². The lowest BCUT2D eigenvalue weighted by molar-refractivity contribution is 0.220. The third kappa shape index (κ3) is 2.21. The number of rotatable bonds is 4. The molecule has 2 rings (SSSR count). The number of aromatic amines is 1. The van der Waals surface area contributed by atoms with Crippen LogP contribution < -0.4 is 10.9 Å². The van der Waals surface area contributed by atoms with Gasteiger partial charge in [0.15, 0.2) is 0 Å². The number of aromatic nitrogens is 2. The minimum absolute atomic E-state index is 0.0159. The summed E-state index contributed by atoms with van der Waals surface area (Å²) < 4.78 is 0.450. The third-order valence-corrected chi connectivity index (χ3v) is 3.53. The lowest BCUT2D eigenvalue weighted by Crippen LogP contribution is -2.21. The molecule has 1 aromatic rings. The molecular weight excluding hydrogens is 262 g/mol. The van der Waals surface area contributed by atoms with E-state index in [1.807, 2.05) is 0 Å². The zero-order chi connectivity index (χ0) is 10.9. The van der Waals surface area contributed by atoms with Crippen LogP contribution in [0.4, 0.5) is 5.69 Å². The molecule has 5 nitrogen and oxygen atoms in total. The van der Waals surface area contributed by atoms with Gasteiger partial charge in [0.2, 0.25) is 0 Å². The normalized spacial score (nSPS) is 17.5. The average molecular weight is 274 g/mol. The van der Waals surface area contributed by atoms with Crippen LogP contribution >= 0.6 is 15.9 Å². The zero-order valence-corrected chi connectivity index (χ0v) is 9.67. The van der Waals surface area contributed by atoms with E-state index in [2.05, 4.69) is 31.4 Å². The summed E-state index contributed by atoms with van der Waals surface area (Å²) in [6.07, 6.45) is 3.62. The van der Waals surface area contributed by atoms with Crippen LogP contribution in [-0.4, -0.2) is 28.5 Å². The Morgan fingerprint density at radius 1 is 1.67 bits per heavy atom. The van der Waals surface area contributed by atoms with E-state index in [1.54, 1.807) is 6.20 Å². The first kappa shape index (κ1) is 10.6. The number of nitrogens with zero attached hydrogens (tertiary/aromatic N) is 1. The van der Waals surface area contributed by atoms with Gasteiger partial charge in [-0.1, -0.05) is 0 Å². The molecule has 3 N–H and O–H groups in total. The molecule has 1 aliphatic rings. The number of hydrogen-bond acceptors (Lipinski definition) is 4. The van der Waals surface area contributed by atoms with Crippen molar-refractivity contribution in [2.24, 2.45) is 5.41 Å². The van der Waals surface area contributed by atoms with Crippen molar-refractivity contribution in [2.45, 2.75) is 12.8 Å². The summed E-state index contributed by atoms with van der Waals surface area (Å²) >= 11 is 3.18. The molecule has 0 atom stereocenters. The molecule has 1 aliphatic carbocycles. The largest absolute Gasteiger partial charge is 0.396 e. The van der Waals surface area contributed by atoms with Gasteiger partial charge in [-0.3, -0.25) is 4.79 Å². The fourth-order valence-electron chi connectivity index (χ4n) is 1.36. The molecule has 0 amide bonds. The predicted molar refractivity (Wildman–Crippen MR) is 59.8 cm³/mol. The van der Waals surface area contributed by atoms with Crippen molar-refractivity contribution in [3.05, 3.63) is 21.0 Å². The average Bonchev–Trinajstić information content (AvgIpc) is 3.01. The first-order valence-electron chi connectivity index (χ1n) is 4.75. The molecule has 0 saturated heterocycles. The summed E-state index contributed by atoms with van der Waals surface area (Å²) in [5.74, 6) is 0. The number of anilines is 1. The summed E-state index contributed by atoms with van der Waals surface area (Å²) in [6, 6.07) is 0. The Bertz CT molecular complexity index is 414. The quantitative estimate of drug-likeness (QED) is 0.756. The van der Waals surface area contributed by atoms with E-state index in [0.29, 0.717) is 16.7 Å². The number of halogens is 1. The molecule has 0 aromatic carbocycles. The van der Waals surface area contributed by atoms with E-state index < -0.39 is 0 Å². The van der Waals surface area contributed by atoms with Crippen LogP contribution in [-0.2, 0) is 0 Å². The molecule has 6 heteroatoms. The van der Waals surface area contributed by atoms with E-state index in [4.69, 9.17) is 5.11 Å². The van der Waals surface area contributed by atoms with Gasteiger partial charge < -0.3 is 10.4 Å². The molecule has 1 fully saturated rings. The van der Waals surface area contributed by atoms with E-state index >= 15 is 0 Å². The van der Waals surface area contributed by atoms with Crippen molar-refractivity contribution in [3.63, 3.8) is 0 Å². The summed E-state index contributed by atoms with van der Waals surface area (Å²) in [5, 5.41) is 18.3. The van der Waals surface area contributed by atoms with Crippen LogP contribution in [0.1, 0.15) is 12.8 Å². The van der Waals surface area contributed by atoms with Gasteiger partial charge in [0.25, 0.3) is 5.56 Å². The van der Waals surface area contributed by atoms with Crippen LogP contribution in [0.15, 0.2) is 15.5 Å². The SMILES string of the molecule is O=c1[nH]ncc(NCC2(CO)CC2)c1Br. The van der Waals surface area contributed by atoms with Gasteiger partial charge in [0.1, 0.15) is 4.47 Å². The highest BCUT2D eigenvalue weighted by Gasteiger charge is 2.41. The monoisotopic (exact) mass is 273 g/mol. The van der Waals surface area contributed by atoms with Crippen molar-refractivity contribution in [1.29, 1.82) is 0 Å². The van der Waals surface area contributed by atoms with Crippen molar-refractivity contribution in [2.75, 3.05) is 18.5 Å². The van der Waals surface area contributed by atoms with Gasteiger partial charge in [-0.2, -0.15) is 5.10 Å². The Labute approximate surface area is 95.0 Å². The third-order valence-electron chi connectivity index (χ3n) is 2.74. The Balaban J connectivity index is 2.05. The Morgan fingerprint density at radius 3 is 3.00 bits per heavy atom. The summed E-state index contributed by atoms with van der Waals surface area (Å²) in [4.78, 5) is 11.2. The lowest BCUT2D eigenvalue weighted by atomic mass is 10.1. The topological polar surface area (TPSA) is 78.0 Å². The van der Waals surface area contributed by atoms with Gasteiger partial charge in [-0.05, 0) is 28.8 Å². The van der Waals surface area contributed by atoms with Crippen LogP contribution in [0.3, 0.4) is 0 Å². The van der Waals surface area contributed by atoms with Crippen molar-refractivity contribution in [1.82, 2.24) is 10.2 Å². The smallest absolute Gasteiger partial charge is 0.280 e. The lowest BCUT2D eigenvalue weighted by Gasteiger charge is -2.13. The summed E-state index contributed by atoms with van der Waals surface area (Å²) in [6.45, 7) is 0.863. The minimum Gasteiger partial charge on any atom is -0.396 e. The Morgan fingerprint density at radius 2 is 2.40 bits per heavy atom. The molecule has 1 aromatic heterocycles. The maximum Gasteiger partial charge on any atom is 0.280 e. The van der Waals surface area contributed by atoms with Gasteiger partial charge in [0, 0.05) is 12.0 Å². The molecule has 82 valence electrons. The molecule has 0 bridgehead atoms. The second-order valence-electron chi connectivity index (χ2n) is 3.94. The standard InChI is InChI=1S/C9H12BrN3O2/c10-7-6(3-12-13-8(7)15)11-4-9(5-14)1-2-9/h3,14H,1-2,4-5H2,(H2,11,13,15). The van der Waals surface area contributed by atoms with E-state index in [0.717, 1.165) is 12.8 Å². The number of aliphatic hydroxyl groups is 1. The van der Waals surface area contributed by atoms with Crippen LogP contribution in [0.2, 0.25) is 0 Å². The first-order chi connectivity index (χ1) is 7.17. The van der Waals surface area contributed by atoms with Crippen LogP contribution in [0.25, 0.3) is 0 Å². The van der Waals surface area contributed by atoms with Crippen molar-refractivity contribution >= 4 is 21.6 Å². The maximum atomic E-state index is 11.2. The molecule has 0 radical (unpaired) electrons. The number of H-pyrrole nitrogens is 1. The molecule has 1 saturated carbocycles. The second-order valence-corrected chi connectivity index (χ2v) is 4.73. The second kappa shape index (κ2) is 3.94. The highest BCUT2D eigenvalue weighted by molar-refractivity contribution is 9.10. The first-order valence-corrected chi connectivity index (χ1v) is 5.54. The molecular formula is C9H12BrN3O2. The molecule has 0 aliphatic heterocycles. The molecule has 15 heavy (non-hydrogen) atoms. The van der Waals surface area contributed by atoms with Crippen molar-refractivity contribution in [3.8, 4) is 0 Å². The Hall–Kier alpha value is -0.880. The summed E-state index contributed by atoms with van der Waals surface area (Å²) in [7, 11) is 0. The summed E-state index contributed by atoms with van der Waals surface area (Å²) in [5.41, 5.74) is 0.425. The maximum absolute atomic E-state index is 11.2. The van der Waals surface area contributed by atoms with Gasteiger partial charge in [-0.15, -0.1) is 0 Å². The van der Waals surface area contributed by atoms with Crippen LogP contribution in [0, 0.1) is 5.41 Å². The minimum atomic E-state index is -0.256. The van der Waals surface area contributed by atoms with E-state index in [1.165, 1.54) is 0 Å². The molecule has 0 unspecified atom stereocenters. The zero-order valence-electron chi connectivity index (χ0n) is 8.09. The molecule has 1 heterocycles. The van der Waals surface area contributed by atoms with E-state index in [-0.39, 0.29) is 17.6 Å². The van der Waals surface area contributed by atoms with Crippen molar-refractivity contribution < 1.29 is 5.11 Å². The Kier molecular flexibility index (Phi) is 2.79. The van der Waals surface area contributed by atoms with Gasteiger partial charge in [0.05, 0.1) is 18.5 Å². The fraction of sp³-hybridized carbons (Fsp3) is 0.556. The number of nitrogens with one attached hydrogen (secondary N) is 2. The fourth-order valence-corrected chi connectivity index (χ4v) is 1.69. The predicted octanol–water partition coefficient (Wildman–Crippen LogP) is 0.717. The van der Waals surface area contributed by atoms with Gasteiger partial charge >= 0.3 is 0 Å². The highest BCUT2D eigenvalue weighted by atomic mass is 79.9. The number of hydrogen-bond donors (Lipinski definition) is 3. The number of aliphatic hydroxyl groups excluding tert-OH is 1. The van der Waals surface area contributed by atoms with Gasteiger partial charge in [-0.25, -0.2) is 5.10 Å². The van der Waals surface area contributed by atoms with E-state index in [9.17, 15) is 4.79 Å². The molecule has 0 spiro atoms. The highest BCUT2D eigenvalue weighted by Crippen LogP contribution is 2.45.